The number of likely N-dealkylation sites (N-methyl/N-ethyl adjacent to an activating group) is 1. The van der Waals surface area contributed by atoms with E-state index in [1.54, 1.807) is 9.80 Å². The standard InChI is InChI=1S/C25H30ClF3N4O3S/c1-30(15-19-14-20(25(27,28)29)8-9-22(19)26)23-17-32(16-21(23)18-6-4-3-5-7-18)24(34)31-10-12-33(13-11-31)37(2,35)36/h3-9,14,21,23H,10-13,15-17H2,1-2H3/t21-,23+/m1/s1. The predicted molar refractivity (Wildman–Crippen MR) is 136 cm³/mol. The van der Waals surface area contributed by atoms with E-state index in [0.717, 1.165) is 24.0 Å². The van der Waals surface area contributed by atoms with Crippen molar-refractivity contribution < 1.29 is 26.4 Å². The summed E-state index contributed by atoms with van der Waals surface area (Å²) in [6.07, 6.45) is -3.31. The van der Waals surface area contributed by atoms with Gasteiger partial charge >= 0.3 is 12.2 Å². The number of likely N-dealkylation sites (tertiary alicyclic amines) is 1. The summed E-state index contributed by atoms with van der Waals surface area (Å²) in [7, 11) is -1.48. The zero-order chi connectivity index (χ0) is 27.0. The highest BCUT2D eigenvalue weighted by molar-refractivity contribution is 7.88. The van der Waals surface area contributed by atoms with Crippen molar-refractivity contribution in [3.63, 3.8) is 0 Å². The van der Waals surface area contributed by atoms with Gasteiger partial charge in [0, 0.05) is 62.8 Å². The molecule has 4 rings (SSSR count). The third-order valence-electron chi connectivity index (χ3n) is 7.12. The molecule has 0 N–H and O–H groups in total. The number of hydrogen-bond acceptors (Lipinski definition) is 4. The highest BCUT2D eigenvalue weighted by Gasteiger charge is 2.41. The predicted octanol–water partition coefficient (Wildman–Crippen LogP) is 3.96. The van der Waals surface area contributed by atoms with Crippen LogP contribution in [0.4, 0.5) is 18.0 Å². The summed E-state index contributed by atoms with van der Waals surface area (Å²) in [5.41, 5.74) is 0.649. The molecule has 202 valence electrons. The van der Waals surface area contributed by atoms with Crippen LogP contribution in [0.25, 0.3) is 0 Å². The van der Waals surface area contributed by atoms with Gasteiger partial charge in [-0.15, -0.1) is 0 Å². The molecule has 7 nitrogen and oxygen atoms in total. The van der Waals surface area contributed by atoms with E-state index >= 15 is 0 Å². The third kappa shape index (κ3) is 6.39. The van der Waals surface area contributed by atoms with E-state index in [1.165, 1.54) is 10.4 Å². The number of benzene rings is 2. The highest BCUT2D eigenvalue weighted by atomic mass is 35.5. The van der Waals surface area contributed by atoms with Gasteiger partial charge in [0.1, 0.15) is 0 Å². The minimum atomic E-state index is -4.47. The van der Waals surface area contributed by atoms with Crippen molar-refractivity contribution in [2.75, 3.05) is 52.6 Å². The van der Waals surface area contributed by atoms with Crippen LogP contribution in [0.5, 0.6) is 0 Å². The first-order valence-electron chi connectivity index (χ1n) is 11.9. The zero-order valence-electron chi connectivity index (χ0n) is 20.7. The van der Waals surface area contributed by atoms with Gasteiger partial charge < -0.3 is 9.80 Å². The van der Waals surface area contributed by atoms with Crippen molar-refractivity contribution in [2.24, 2.45) is 0 Å². The number of rotatable bonds is 5. The molecule has 0 aliphatic carbocycles. The fourth-order valence-corrected chi connectivity index (χ4v) is 6.09. The molecule has 2 aromatic carbocycles. The molecule has 0 saturated carbocycles. The van der Waals surface area contributed by atoms with Crippen LogP contribution in [-0.4, -0.2) is 92.1 Å². The summed E-state index contributed by atoms with van der Waals surface area (Å²) < 4.78 is 64.9. The smallest absolute Gasteiger partial charge is 0.322 e. The number of halogens is 4. The molecule has 0 spiro atoms. The van der Waals surface area contributed by atoms with Gasteiger partial charge in [-0.2, -0.15) is 17.5 Å². The van der Waals surface area contributed by atoms with Gasteiger partial charge in [0.15, 0.2) is 0 Å². The number of amides is 2. The summed E-state index contributed by atoms with van der Waals surface area (Å²) in [6.45, 7) is 2.12. The maximum Gasteiger partial charge on any atom is 0.416 e. The molecule has 2 saturated heterocycles. The number of sulfonamides is 1. The number of carbonyl (C=O) groups excluding carboxylic acids is 1. The molecule has 37 heavy (non-hydrogen) atoms. The average Bonchev–Trinajstić information content (AvgIpc) is 3.30. The van der Waals surface area contributed by atoms with Crippen LogP contribution in [0, 0.1) is 0 Å². The quantitative estimate of drug-likeness (QED) is 0.557. The maximum atomic E-state index is 13.4. The Morgan fingerprint density at radius 2 is 1.68 bits per heavy atom. The Kier molecular flexibility index (Phi) is 8.08. The average molecular weight is 559 g/mol. The Labute approximate surface area is 220 Å². The maximum absolute atomic E-state index is 13.4. The minimum Gasteiger partial charge on any atom is -0.322 e. The van der Waals surface area contributed by atoms with Gasteiger partial charge in [-0.1, -0.05) is 41.9 Å². The Morgan fingerprint density at radius 3 is 2.27 bits per heavy atom. The first-order valence-corrected chi connectivity index (χ1v) is 14.2. The molecule has 12 heteroatoms. The Morgan fingerprint density at radius 1 is 1.03 bits per heavy atom. The fourth-order valence-electron chi connectivity index (χ4n) is 5.09. The van der Waals surface area contributed by atoms with Crippen LogP contribution in [0.15, 0.2) is 48.5 Å². The van der Waals surface area contributed by atoms with Crippen molar-refractivity contribution in [2.45, 2.75) is 24.7 Å². The molecular formula is C25H30ClF3N4O3S. The molecular weight excluding hydrogens is 529 g/mol. The van der Waals surface area contributed by atoms with Crippen LogP contribution < -0.4 is 0 Å². The first-order chi connectivity index (χ1) is 17.3. The van der Waals surface area contributed by atoms with Crippen LogP contribution in [0.2, 0.25) is 5.02 Å². The number of piperazine rings is 1. The van der Waals surface area contributed by atoms with Crippen LogP contribution in [0.3, 0.4) is 0 Å². The lowest BCUT2D eigenvalue weighted by Crippen LogP contribution is -2.53. The van der Waals surface area contributed by atoms with E-state index < -0.39 is 21.8 Å². The SMILES string of the molecule is CN(Cc1cc(C(F)(F)F)ccc1Cl)[C@H]1CN(C(=O)N2CCN(S(C)(=O)=O)CC2)C[C@@H]1c1ccccc1. The largest absolute Gasteiger partial charge is 0.416 e. The van der Waals surface area contributed by atoms with Crippen molar-refractivity contribution in [1.29, 1.82) is 0 Å². The molecule has 0 unspecified atom stereocenters. The summed E-state index contributed by atoms with van der Waals surface area (Å²) in [6, 6.07) is 12.7. The number of hydrogen-bond donors (Lipinski definition) is 0. The third-order valence-corrected chi connectivity index (χ3v) is 8.80. The normalized spacial score (nSPS) is 21.6. The second-order valence-electron chi connectivity index (χ2n) is 9.64. The van der Waals surface area contributed by atoms with Crippen LogP contribution in [-0.2, 0) is 22.7 Å². The molecule has 2 atom stereocenters. The van der Waals surface area contributed by atoms with Gasteiger partial charge in [-0.05, 0) is 36.4 Å². The van der Waals surface area contributed by atoms with Crippen molar-refractivity contribution in [3.05, 3.63) is 70.2 Å². The summed E-state index contributed by atoms with van der Waals surface area (Å²) >= 11 is 6.26. The molecule has 2 fully saturated rings. The molecule has 0 radical (unpaired) electrons. The molecule has 2 aromatic rings. The Bertz CT molecular complexity index is 1220. The zero-order valence-corrected chi connectivity index (χ0v) is 22.2. The summed E-state index contributed by atoms with van der Waals surface area (Å²) in [5.74, 6) is -0.0583. The number of nitrogens with zero attached hydrogens (tertiary/aromatic N) is 4. The molecule has 2 heterocycles. The van der Waals surface area contributed by atoms with E-state index in [1.807, 2.05) is 42.3 Å². The number of alkyl halides is 3. The molecule has 2 amide bonds. The Balaban J connectivity index is 1.52. The number of carbonyl (C=O) groups is 1. The molecule has 2 aliphatic rings. The van der Waals surface area contributed by atoms with E-state index in [4.69, 9.17) is 11.6 Å². The topological polar surface area (TPSA) is 64.2 Å². The first kappa shape index (κ1) is 27.7. The van der Waals surface area contributed by atoms with E-state index in [9.17, 15) is 26.4 Å². The second-order valence-corrected chi connectivity index (χ2v) is 12.0. The highest BCUT2D eigenvalue weighted by Crippen LogP contribution is 2.35. The van der Waals surface area contributed by atoms with Crippen molar-refractivity contribution in [1.82, 2.24) is 19.0 Å². The fraction of sp³-hybridized carbons (Fsp3) is 0.480. The van der Waals surface area contributed by atoms with Crippen LogP contribution in [0.1, 0.15) is 22.6 Å². The Hall–Kier alpha value is -2.34. The van der Waals surface area contributed by atoms with Crippen molar-refractivity contribution in [3.8, 4) is 0 Å². The van der Waals surface area contributed by atoms with Gasteiger partial charge in [-0.25, -0.2) is 13.2 Å². The van der Waals surface area contributed by atoms with Crippen molar-refractivity contribution >= 4 is 27.7 Å². The van der Waals surface area contributed by atoms with Crippen LogP contribution >= 0.6 is 11.6 Å². The molecule has 2 aliphatic heterocycles. The van der Waals surface area contributed by atoms with Gasteiger partial charge in [-0.3, -0.25) is 4.90 Å². The van der Waals surface area contributed by atoms with E-state index in [0.29, 0.717) is 31.7 Å². The molecule has 0 bridgehead atoms. The monoisotopic (exact) mass is 558 g/mol. The second kappa shape index (κ2) is 10.8. The lowest BCUT2D eigenvalue weighted by molar-refractivity contribution is -0.137. The van der Waals surface area contributed by atoms with Gasteiger partial charge in [0.05, 0.1) is 11.8 Å². The van der Waals surface area contributed by atoms with Gasteiger partial charge in [0.2, 0.25) is 10.0 Å². The lowest BCUT2D eigenvalue weighted by Gasteiger charge is -2.35. The summed E-state index contributed by atoms with van der Waals surface area (Å²) in [5, 5.41) is 0.255. The number of urea groups is 1. The van der Waals surface area contributed by atoms with E-state index in [2.05, 4.69) is 0 Å². The minimum absolute atomic E-state index is 0.0583. The molecule has 0 aromatic heterocycles. The summed E-state index contributed by atoms with van der Waals surface area (Å²) in [4.78, 5) is 18.8. The van der Waals surface area contributed by atoms with E-state index in [-0.39, 0.29) is 42.6 Å². The van der Waals surface area contributed by atoms with Gasteiger partial charge in [0.25, 0.3) is 0 Å². The lowest BCUT2D eigenvalue weighted by atomic mass is 9.93.